The summed E-state index contributed by atoms with van der Waals surface area (Å²) in [5.41, 5.74) is 0.158. The Morgan fingerprint density at radius 2 is 1.91 bits per heavy atom. The summed E-state index contributed by atoms with van der Waals surface area (Å²) in [5.74, 6) is -0.258. The number of halogens is 1. The highest BCUT2D eigenvalue weighted by atomic mass is 79.9. The molecule has 0 amide bonds. The lowest BCUT2D eigenvalue weighted by Crippen LogP contribution is -2.01. The monoisotopic (exact) mass is 374 g/mol. The van der Waals surface area contributed by atoms with Crippen LogP contribution in [0.3, 0.4) is 0 Å². The number of aromatic hydroxyl groups is 1. The molecule has 0 spiro atoms. The van der Waals surface area contributed by atoms with Gasteiger partial charge in [0.25, 0.3) is 0 Å². The summed E-state index contributed by atoms with van der Waals surface area (Å²) in [5, 5.41) is 9.84. The van der Waals surface area contributed by atoms with E-state index < -0.39 is 17.0 Å². The lowest BCUT2D eigenvalue weighted by Gasteiger charge is -2.02. The van der Waals surface area contributed by atoms with Gasteiger partial charge in [0.2, 0.25) is 5.43 Å². The minimum Gasteiger partial charge on any atom is -0.504 e. The number of hydrogen-bond donors (Lipinski definition) is 1. The summed E-state index contributed by atoms with van der Waals surface area (Å²) in [6, 6.07) is 11.3. The molecule has 118 valence electrons. The first kappa shape index (κ1) is 17.0. The van der Waals surface area contributed by atoms with Crippen molar-refractivity contribution in [3.8, 4) is 11.5 Å². The van der Waals surface area contributed by atoms with E-state index in [4.69, 9.17) is 4.74 Å². The van der Waals surface area contributed by atoms with E-state index in [1.807, 2.05) is 19.1 Å². The molecule has 2 aromatic rings. The van der Waals surface area contributed by atoms with Crippen molar-refractivity contribution in [1.82, 2.24) is 0 Å². The molecule has 0 aliphatic carbocycles. The van der Waals surface area contributed by atoms with Crippen molar-refractivity contribution in [1.29, 1.82) is 0 Å². The van der Waals surface area contributed by atoms with Gasteiger partial charge in [0.05, 0.1) is 12.2 Å². The quantitative estimate of drug-likeness (QED) is 0.638. The molecule has 0 atom stereocenters. The van der Waals surface area contributed by atoms with Crippen LogP contribution in [0.4, 0.5) is 0 Å². The number of ketones is 1. The van der Waals surface area contributed by atoms with Crippen molar-refractivity contribution in [2.75, 3.05) is 6.61 Å². The van der Waals surface area contributed by atoms with E-state index in [-0.39, 0.29) is 5.56 Å². The van der Waals surface area contributed by atoms with Gasteiger partial charge in [0, 0.05) is 4.47 Å². The molecule has 5 heteroatoms. The lowest BCUT2D eigenvalue weighted by atomic mass is 10.1. The van der Waals surface area contributed by atoms with Gasteiger partial charge in [-0.1, -0.05) is 34.1 Å². The normalized spacial score (nSPS) is 10.7. The molecular formula is C18H15BrO4. The van der Waals surface area contributed by atoms with Gasteiger partial charge >= 0.3 is 0 Å². The van der Waals surface area contributed by atoms with Crippen LogP contribution in [0.5, 0.6) is 11.5 Å². The van der Waals surface area contributed by atoms with Gasteiger partial charge < -0.3 is 9.84 Å². The van der Waals surface area contributed by atoms with Crippen LogP contribution < -0.4 is 10.2 Å². The summed E-state index contributed by atoms with van der Waals surface area (Å²) >= 11 is 3.21. The average molecular weight is 375 g/mol. The second kappa shape index (κ2) is 7.74. The Morgan fingerprint density at radius 1 is 1.22 bits per heavy atom. The fourth-order valence-electron chi connectivity index (χ4n) is 1.91. The summed E-state index contributed by atoms with van der Waals surface area (Å²) in [7, 11) is 0. The van der Waals surface area contributed by atoms with E-state index in [0.29, 0.717) is 11.1 Å². The predicted molar refractivity (Wildman–Crippen MR) is 93.1 cm³/mol. The van der Waals surface area contributed by atoms with E-state index in [1.54, 1.807) is 18.2 Å². The number of allylic oxidation sites excluding steroid dienone is 1. The van der Waals surface area contributed by atoms with Gasteiger partial charge in [-0.25, -0.2) is 0 Å². The lowest BCUT2D eigenvalue weighted by molar-refractivity contribution is 0.104. The van der Waals surface area contributed by atoms with E-state index in [2.05, 4.69) is 15.9 Å². The molecule has 0 saturated heterocycles. The zero-order chi connectivity index (χ0) is 16.8. The summed E-state index contributed by atoms with van der Waals surface area (Å²) < 4.78 is 5.88. The number of ether oxygens (including phenoxy) is 1. The number of carbonyl (C=O) groups excluding carboxylic acids is 1. The molecule has 0 aromatic heterocycles. The molecule has 0 radical (unpaired) electrons. The topological polar surface area (TPSA) is 63.6 Å². The van der Waals surface area contributed by atoms with Crippen molar-refractivity contribution >= 4 is 27.8 Å². The zero-order valence-electron chi connectivity index (χ0n) is 12.5. The number of hydrogen-bond acceptors (Lipinski definition) is 4. The molecule has 0 fully saturated rings. The highest BCUT2D eigenvalue weighted by Gasteiger charge is 2.10. The molecule has 0 aliphatic heterocycles. The molecule has 2 rings (SSSR count). The van der Waals surface area contributed by atoms with E-state index in [0.717, 1.165) is 11.3 Å². The Morgan fingerprint density at radius 3 is 2.57 bits per heavy atom. The molecule has 1 N–H and O–H groups in total. The van der Waals surface area contributed by atoms with Crippen LogP contribution >= 0.6 is 15.9 Å². The van der Waals surface area contributed by atoms with Gasteiger partial charge in [0.1, 0.15) is 5.75 Å². The van der Waals surface area contributed by atoms with E-state index >= 15 is 0 Å². The van der Waals surface area contributed by atoms with Crippen LogP contribution in [0, 0.1) is 0 Å². The second-order valence-electron chi connectivity index (χ2n) is 4.69. The highest BCUT2D eigenvalue weighted by Crippen LogP contribution is 2.18. The highest BCUT2D eigenvalue weighted by molar-refractivity contribution is 9.10. The van der Waals surface area contributed by atoms with Crippen LogP contribution in [-0.2, 0) is 0 Å². The molecule has 4 nitrogen and oxygen atoms in total. The van der Waals surface area contributed by atoms with Crippen molar-refractivity contribution in [2.45, 2.75) is 6.92 Å². The molecule has 23 heavy (non-hydrogen) atoms. The Labute approximate surface area is 142 Å². The molecule has 0 bridgehead atoms. The molecule has 0 saturated carbocycles. The maximum atomic E-state index is 12.2. The molecule has 0 unspecified atom stereocenters. The van der Waals surface area contributed by atoms with Crippen LogP contribution in [0.25, 0.3) is 6.08 Å². The Hall–Kier alpha value is -2.40. The van der Waals surface area contributed by atoms with Gasteiger partial charge in [-0.3, -0.25) is 9.59 Å². The first-order chi connectivity index (χ1) is 11.0. The summed E-state index contributed by atoms with van der Waals surface area (Å²) in [4.78, 5) is 23.8. The number of benzene rings is 1. The maximum Gasteiger partial charge on any atom is 0.220 e. The first-order valence-corrected chi connectivity index (χ1v) is 7.78. The fraction of sp³-hybridized carbons (Fsp3) is 0.111. The third kappa shape index (κ3) is 4.53. The molecule has 0 aliphatic rings. The average Bonchev–Trinajstić information content (AvgIpc) is 2.68. The third-order valence-corrected chi connectivity index (χ3v) is 3.54. The minimum absolute atomic E-state index is 0.0472. The van der Waals surface area contributed by atoms with Gasteiger partial charge in [0.15, 0.2) is 11.5 Å². The predicted octanol–water partition coefficient (Wildman–Crippen LogP) is 3.81. The van der Waals surface area contributed by atoms with Crippen LogP contribution in [0.2, 0.25) is 0 Å². The number of rotatable bonds is 5. The zero-order valence-corrected chi connectivity index (χ0v) is 14.0. The first-order valence-electron chi connectivity index (χ1n) is 6.99. The van der Waals surface area contributed by atoms with Gasteiger partial charge in [-0.05, 0) is 48.9 Å². The van der Waals surface area contributed by atoms with Crippen molar-refractivity contribution < 1.29 is 14.6 Å². The SMILES string of the molecule is CCOc1ccc(/C=C\C(=O)c2cc(Br)ccc(=O)c2O)cc1. The van der Waals surface area contributed by atoms with Crippen molar-refractivity contribution in [3.63, 3.8) is 0 Å². The van der Waals surface area contributed by atoms with Crippen molar-refractivity contribution in [2.24, 2.45) is 0 Å². The van der Waals surface area contributed by atoms with Crippen LogP contribution in [-0.4, -0.2) is 17.5 Å². The molecule has 0 heterocycles. The minimum atomic E-state index is -0.603. The van der Waals surface area contributed by atoms with E-state index in [9.17, 15) is 14.7 Å². The van der Waals surface area contributed by atoms with Gasteiger partial charge in [-0.15, -0.1) is 0 Å². The Bertz CT molecular complexity index is 795. The van der Waals surface area contributed by atoms with Crippen LogP contribution in [0.15, 0.2) is 57.8 Å². The molecule has 2 aromatic carbocycles. The largest absolute Gasteiger partial charge is 0.504 e. The summed E-state index contributed by atoms with van der Waals surface area (Å²) in [6.45, 7) is 2.49. The smallest absolute Gasteiger partial charge is 0.220 e. The summed E-state index contributed by atoms with van der Waals surface area (Å²) in [6.07, 6.45) is 2.93. The molecular weight excluding hydrogens is 360 g/mol. The Balaban J connectivity index is 2.25. The maximum absolute atomic E-state index is 12.2. The standard InChI is InChI=1S/C18H15BrO4/c1-2-23-14-7-3-12(4-8-14)5-9-16(20)15-11-13(19)6-10-17(21)18(15)22/h3-11H,2H2,1H3,(H,21,22)/b9-5-. The van der Waals surface area contributed by atoms with Crippen LogP contribution in [0.1, 0.15) is 22.8 Å². The second-order valence-corrected chi connectivity index (χ2v) is 5.60. The van der Waals surface area contributed by atoms with Crippen molar-refractivity contribution in [3.05, 3.63) is 74.4 Å². The fourth-order valence-corrected chi connectivity index (χ4v) is 2.27. The Kier molecular flexibility index (Phi) is 5.71. The third-order valence-electron chi connectivity index (χ3n) is 3.05. The number of carbonyl (C=O) groups is 1. The van der Waals surface area contributed by atoms with E-state index in [1.165, 1.54) is 24.3 Å². The van der Waals surface area contributed by atoms with Gasteiger partial charge in [-0.2, -0.15) is 0 Å².